The number of aromatic amines is 1. The van der Waals surface area contributed by atoms with E-state index in [9.17, 15) is 14.0 Å². The van der Waals surface area contributed by atoms with Gasteiger partial charge in [-0.2, -0.15) is 0 Å². The fourth-order valence-corrected chi connectivity index (χ4v) is 1.51. The molecule has 2 rings (SSSR count). The standard InChI is InChI=1S/C11H8FNO3/c1-16-11(15)9-5-13-10(14)8-4-6(12)2-3-7(8)9/h2-5H,1H3,(H,13,14). The van der Waals surface area contributed by atoms with E-state index in [-0.39, 0.29) is 10.9 Å². The van der Waals surface area contributed by atoms with E-state index in [1.807, 2.05) is 0 Å². The molecule has 0 aliphatic carbocycles. The first kappa shape index (κ1) is 10.4. The molecule has 1 N–H and O–H groups in total. The number of methoxy groups -OCH3 is 1. The number of hydrogen-bond donors (Lipinski definition) is 1. The van der Waals surface area contributed by atoms with Gasteiger partial charge in [0.1, 0.15) is 5.82 Å². The Hall–Kier alpha value is -2.17. The highest BCUT2D eigenvalue weighted by atomic mass is 19.1. The Labute approximate surface area is 89.7 Å². The molecule has 0 bridgehead atoms. The number of nitrogens with one attached hydrogen (secondary N) is 1. The van der Waals surface area contributed by atoms with Gasteiger partial charge in [0.15, 0.2) is 0 Å². The Morgan fingerprint density at radius 3 is 2.81 bits per heavy atom. The van der Waals surface area contributed by atoms with E-state index in [0.717, 1.165) is 6.07 Å². The largest absolute Gasteiger partial charge is 0.465 e. The third-order valence-corrected chi connectivity index (χ3v) is 2.27. The molecule has 5 heteroatoms. The van der Waals surface area contributed by atoms with Crippen molar-refractivity contribution in [2.75, 3.05) is 7.11 Å². The van der Waals surface area contributed by atoms with Crippen LogP contribution in [0.2, 0.25) is 0 Å². The van der Waals surface area contributed by atoms with Gasteiger partial charge >= 0.3 is 5.97 Å². The van der Waals surface area contributed by atoms with Gasteiger partial charge in [0.25, 0.3) is 5.56 Å². The maximum Gasteiger partial charge on any atom is 0.339 e. The van der Waals surface area contributed by atoms with Crippen LogP contribution in [-0.4, -0.2) is 18.1 Å². The van der Waals surface area contributed by atoms with Crippen molar-refractivity contribution in [2.24, 2.45) is 0 Å². The molecule has 1 heterocycles. The number of fused-ring (bicyclic) bond motifs is 1. The van der Waals surface area contributed by atoms with Crippen molar-refractivity contribution < 1.29 is 13.9 Å². The summed E-state index contributed by atoms with van der Waals surface area (Å²) in [5.74, 6) is -1.10. The van der Waals surface area contributed by atoms with Crippen LogP contribution in [0.5, 0.6) is 0 Å². The molecule has 0 aliphatic rings. The number of aromatic nitrogens is 1. The number of carbonyl (C=O) groups is 1. The molecule has 0 saturated heterocycles. The molecule has 0 atom stereocenters. The summed E-state index contributed by atoms with van der Waals surface area (Å²) in [5.41, 5.74) is -0.237. The van der Waals surface area contributed by atoms with Crippen molar-refractivity contribution in [3.63, 3.8) is 0 Å². The van der Waals surface area contributed by atoms with E-state index in [4.69, 9.17) is 0 Å². The van der Waals surface area contributed by atoms with Crippen LogP contribution in [-0.2, 0) is 4.74 Å². The van der Waals surface area contributed by atoms with Crippen LogP contribution in [0.15, 0.2) is 29.2 Å². The van der Waals surface area contributed by atoms with Crippen LogP contribution in [0.25, 0.3) is 10.8 Å². The van der Waals surface area contributed by atoms with Gasteiger partial charge in [-0.1, -0.05) is 6.07 Å². The van der Waals surface area contributed by atoms with Crippen molar-refractivity contribution in [2.45, 2.75) is 0 Å². The molecule has 2 aromatic rings. The number of pyridine rings is 1. The first-order chi connectivity index (χ1) is 7.63. The molecule has 0 fully saturated rings. The number of H-pyrrole nitrogens is 1. The lowest BCUT2D eigenvalue weighted by Crippen LogP contribution is -2.11. The van der Waals surface area contributed by atoms with Gasteiger partial charge in [-0.05, 0) is 12.1 Å². The SMILES string of the molecule is COC(=O)c1c[nH]c(=O)c2cc(F)ccc12. The molecular weight excluding hydrogens is 213 g/mol. The van der Waals surface area contributed by atoms with E-state index in [0.29, 0.717) is 5.39 Å². The Kier molecular flexibility index (Phi) is 2.44. The van der Waals surface area contributed by atoms with Gasteiger partial charge in [0, 0.05) is 11.6 Å². The normalized spacial score (nSPS) is 10.4. The minimum Gasteiger partial charge on any atom is -0.465 e. The summed E-state index contributed by atoms with van der Waals surface area (Å²) in [6.45, 7) is 0. The minimum atomic E-state index is -0.576. The molecule has 16 heavy (non-hydrogen) atoms. The zero-order chi connectivity index (χ0) is 11.7. The van der Waals surface area contributed by atoms with Crippen LogP contribution in [0.3, 0.4) is 0 Å². The molecule has 0 amide bonds. The fraction of sp³-hybridized carbons (Fsp3) is 0.0909. The maximum absolute atomic E-state index is 13.0. The monoisotopic (exact) mass is 221 g/mol. The molecule has 0 spiro atoms. The Morgan fingerprint density at radius 2 is 2.12 bits per heavy atom. The van der Waals surface area contributed by atoms with Crippen molar-refractivity contribution >= 4 is 16.7 Å². The lowest BCUT2D eigenvalue weighted by atomic mass is 10.1. The summed E-state index contributed by atoms with van der Waals surface area (Å²) in [7, 11) is 1.24. The number of ether oxygens (including phenoxy) is 1. The van der Waals surface area contributed by atoms with Crippen LogP contribution >= 0.6 is 0 Å². The van der Waals surface area contributed by atoms with E-state index in [1.54, 1.807) is 0 Å². The van der Waals surface area contributed by atoms with E-state index in [2.05, 4.69) is 9.72 Å². The van der Waals surface area contributed by atoms with Gasteiger partial charge in [0.05, 0.1) is 18.1 Å². The highest BCUT2D eigenvalue weighted by molar-refractivity contribution is 6.03. The molecule has 0 aliphatic heterocycles. The summed E-state index contributed by atoms with van der Waals surface area (Å²) in [5, 5.41) is 0.500. The molecular formula is C11H8FNO3. The number of benzene rings is 1. The highest BCUT2D eigenvalue weighted by Gasteiger charge is 2.12. The van der Waals surface area contributed by atoms with Crippen LogP contribution in [0.4, 0.5) is 4.39 Å². The fourth-order valence-electron chi connectivity index (χ4n) is 1.51. The van der Waals surface area contributed by atoms with Gasteiger partial charge < -0.3 is 9.72 Å². The zero-order valence-corrected chi connectivity index (χ0v) is 8.41. The topological polar surface area (TPSA) is 59.2 Å². The Balaban J connectivity index is 2.84. The average molecular weight is 221 g/mol. The predicted molar refractivity (Wildman–Crippen MR) is 55.9 cm³/mol. The van der Waals surface area contributed by atoms with Crippen molar-refractivity contribution in [3.8, 4) is 0 Å². The summed E-state index contributed by atoms with van der Waals surface area (Å²) in [6, 6.07) is 3.65. The van der Waals surface area contributed by atoms with Crippen LogP contribution < -0.4 is 5.56 Å². The van der Waals surface area contributed by atoms with Crippen molar-refractivity contribution in [1.82, 2.24) is 4.98 Å². The highest BCUT2D eigenvalue weighted by Crippen LogP contribution is 2.16. The smallest absolute Gasteiger partial charge is 0.339 e. The Bertz CT molecular complexity index is 618. The zero-order valence-electron chi connectivity index (χ0n) is 8.41. The molecule has 0 radical (unpaired) electrons. The average Bonchev–Trinajstić information content (AvgIpc) is 2.29. The number of carbonyl (C=O) groups excluding carboxylic acids is 1. The van der Waals surface area contributed by atoms with Gasteiger partial charge in [-0.15, -0.1) is 0 Å². The van der Waals surface area contributed by atoms with Crippen LogP contribution in [0.1, 0.15) is 10.4 Å². The maximum atomic E-state index is 13.0. The second-order valence-electron chi connectivity index (χ2n) is 3.21. The Morgan fingerprint density at radius 1 is 1.38 bits per heavy atom. The number of esters is 1. The predicted octanol–water partition coefficient (Wildman–Crippen LogP) is 1.45. The van der Waals surface area contributed by atoms with Gasteiger partial charge in [-0.25, -0.2) is 9.18 Å². The molecule has 1 aromatic carbocycles. The van der Waals surface area contributed by atoms with Gasteiger partial charge in [-0.3, -0.25) is 4.79 Å². The second kappa shape index (κ2) is 3.77. The second-order valence-corrected chi connectivity index (χ2v) is 3.21. The molecule has 4 nitrogen and oxygen atoms in total. The number of halogens is 1. The summed E-state index contributed by atoms with van der Waals surface area (Å²) >= 11 is 0. The summed E-state index contributed by atoms with van der Waals surface area (Å²) in [4.78, 5) is 25.2. The number of hydrogen-bond acceptors (Lipinski definition) is 3. The molecule has 0 unspecified atom stereocenters. The molecule has 1 aromatic heterocycles. The number of rotatable bonds is 1. The van der Waals surface area contributed by atoms with E-state index in [1.165, 1.54) is 25.4 Å². The molecule has 82 valence electrons. The third kappa shape index (κ3) is 1.56. The molecule has 0 saturated carbocycles. The minimum absolute atomic E-state index is 0.128. The summed E-state index contributed by atoms with van der Waals surface area (Å²) in [6.07, 6.45) is 1.26. The van der Waals surface area contributed by atoms with Crippen molar-refractivity contribution in [3.05, 3.63) is 46.1 Å². The third-order valence-electron chi connectivity index (χ3n) is 2.27. The lowest BCUT2D eigenvalue weighted by molar-refractivity contribution is 0.0602. The lowest BCUT2D eigenvalue weighted by Gasteiger charge is -2.03. The summed E-state index contributed by atoms with van der Waals surface area (Å²) < 4.78 is 17.5. The van der Waals surface area contributed by atoms with E-state index < -0.39 is 17.3 Å². The first-order valence-corrected chi connectivity index (χ1v) is 4.52. The van der Waals surface area contributed by atoms with Crippen LogP contribution in [0, 0.1) is 5.82 Å². The quantitative estimate of drug-likeness (QED) is 0.741. The van der Waals surface area contributed by atoms with Crippen molar-refractivity contribution in [1.29, 1.82) is 0 Å². The first-order valence-electron chi connectivity index (χ1n) is 4.52. The van der Waals surface area contributed by atoms with Gasteiger partial charge in [0.2, 0.25) is 0 Å². The van der Waals surface area contributed by atoms with E-state index >= 15 is 0 Å².